The summed E-state index contributed by atoms with van der Waals surface area (Å²) in [5, 5.41) is 14.0. The van der Waals surface area contributed by atoms with Crippen LogP contribution in [0.25, 0.3) is 11.4 Å². The van der Waals surface area contributed by atoms with Gasteiger partial charge in [-0.25, -0.2) is 4.79 Å². The Morgan fingerprint density at radius 3 is 2.52 bits per heavy atom. The second kappa shape index (κ2) is 9.57. The van der Waals surface area contributed by atoms with Gasteiger partial charge in [-0.1, -0.05) is 29.4 Å². The summed E-state index contributed by atoms with van der Waals surface area (Å²) in [5.41, 5.74) is 0.856. The second-order valence-electron chi connectivity index (χ2n) is 6.09. The summed E-state index contributed by atoms with van der Waals surface area (Å²) in [4.78, 5) is 23.9. The van der Waals surface area contributed by atoms with Gasteiger partial charge in [0.2, 0.25) is 5.91 Å². The predicted octanol–water partition coefficient (Wildman–Crippen LogP) is 3.50. The van der Waals surface area contributed by atoms with Gasteiger partial charge in [0, 0.05) is 23.2 Å². The number of urea groups is 1. The fraction of sp³-hybridized carbons (Fsp3) is 0.333. The molecule has 0 unspecified atom stereocenters. The number of benzene rings is 1. The van der Waals surface area contributed by atoms with Crippen molar-refractivity contribution >= 4 is 35.3 Å². The van der Waals surface area contributed by atoms with Crippen LogP contribution in [0.1, 0.15) is 20.8 Å². The summed E-state index contributed by atoms with van der Waals surface area (Å²) >= 11 is 7.16. The fourth-order valence-electron chi connectivity index (χ4n) is 2.21. The molecule has 0 radical (unpaired) electrons. The molecule has 2 aromatic rings. The van der Waals surface area contributed by atoms with Gasteiger partial charge in [-0.05, 0) is 45.0 Å². The van der Waals surface area contributed by atoms with Crippen molar-refractivity contribution in [3.05, 3.63) is 41.9 Å². The van der Waals surface area contributed by atoms with Crippen LogP contribution in [0.3, 0.4) is 0 Å². The van der Waals surface area contributed by atoms with Crippen molar-refractivity contribution in [3.8, 4) is 11.4 Å². The lowest BCUT2D eigenvalue weighted by atomic mass is 10.2. The van der Waals surface area contributed by atoms with E-state index in [1.807, 2.05) is 30.5 Å². The Hall–Kier alpha value is -2.32. The number of amides is 3. The number of thioether (sulfide) groups is 1. The molecule has 144 valence electrons. The number of nitrogens with zero attached hydrogens (tertiary/aromatic N) is 3. The van der Waals surface area contributed by atoms with Crippen LogP contribution in [0.5, 0.6) is 0 Å². The van der Waals surface area contributed by atoms with Gasteiger partial charge in [0.25, 0.3) is 0 Å². The molecular weight excluding hydrogens is 386 g/mol. The monoisotopic (exact) mass is 407 g/mol. The molecule has 0 spiro atoms. The molecule has 1 heterocycles. The van der Waals surface area contributed by atoms with E-state index < -0.39 is 17.2 Å². The van der Waals surface area contributed by atoms with Gasteiger partial charge in [-0.15, -0.1) is 16.8 Å². The van der Waals surface area contributed by atoms with Gasteiger partial charge in [0.05, 0.1) is 5.25 Å². The van der Waals surface area contributed by atoms with Crippen molar-refractivity contribution in [1.82, 2.24) is 25.4 Å². The third-order valence-corrected chi connectivity index (χ3v) is 4.77. The highest BCUT2D eigenvalue weighted by Gasteiger charge is 2.22. The average molecular weight is 408 g/mol. The number of allylic oxidation sites excluding steroid dienone is 1. The Bertz CT molecular complexity index is 820. The predicted molar refractivity (Wildman–Crippen MR) is 108 cm³/mol. The van der Waals surface area contributed by atoms with Gasteiger partial charge >= 0.3 is 6.03 Å². The number of imide groups is 1. The highest BCUT2D eigenvalue weighted by Crippen LogP contribution is 2.27. The third-order valence-electron chi connectivity index (χ3n) is 3.44. The lowest BCUT2D eigenvalue weighted by molar-refractivity contribution is -0.119. The van der Waals surface area contributed by atoms with Gasteiger partial charge in [0.15, 0.2) is 11.0 Å². The van der Waals surface area contributed by atoms with Crippen LogP contribution in [0.2, 0.25) is 5.02 Å². The molecule has 7 nitrogen and oxygen atoms in total. The highest BCUT2D eigenvalue weighted by molar-refractivity contribution is 8.00. The molecule has 2 rings (SSSR count). The molecule has 0 saturated carbocycles. The van der Waals surface area contributed by atoms with E-state index in [4.69, 9.17) is 11.6 Å². The summed E-state index contributed by atoms with van der Waals surface area (Å²) < 4.78 is 1.86. The molecule has 27 heavy (non-hydrogen) atoms. The fourth-order valence-corrected chi connectivity index (χ4v) is 3.19. The summed E-state index contributed by atoms with van der Waals surface area (Å²) in [6.45, 7) is 9.59. The van der Waals surface area contributed by atoms with Crippen molar-refractivity contribution in [2.75, 3.05) is 0 Å². The molecular formula is C18H22ClN5O2S. The lowest BCUT2D eigenvalue weighted by Gasteiger charge is -2.13. The number of aromatic nitrogens is 3. The maximum Gasteiger partial charge on any atom is 0.321 e. The molecule has 1 aromatic carbocycles. The summed E-state index contributed by atoms with van der Waals surface area (Å²) in [6.07, 6.45) is 1.73. The topological polar surface area (TPSA) is 88.9 Å². The first kappa shape index (κ1) is 21.0. The van der Waals surface area contributed by atoms with E-state index in [1.54, 1.807) is 25.1 Å². The van der Waals surface area contributed by atoms with Crippen molar-refractivity contribution in [1.29, 1.82) is 0 Å². The minimum atomic E-state index is -0.534. The van der Waals surface area contributed by atoms with E-state index in [1.165, 1.54) is 11.8 Å². The lowest BCUT2D eigenvalue weighted by Crippen LogP contribution is -2.45. The first-order valence-electron chi connectivity index (χ1n) is 8.39. The Morgan fingerprint density at radius 2 is 1.93 bits per heavy atom. The molecule has 9 heteroatoms. The van der Waals surface area contributed by atoms with Crippen LogP contribution in [0, 0.1) is 0 Å². The number of hydrogen-bond donors (Lipinski definition) is 2. The van der Waals surface area contributed by atoms with E-state index in [0.717, 1.165) is 5.56 Å². The zero-order valence-electron chi connectivity index (χ0n) is 15.4. The Balaban J connectivity index is 2.16. The smallest absolute Gasteiger partial charge is 0.321 e. The van der Waals surface area contributed by atoms with E-state index in [0.29, 0.717) is 22.5 Å². The van der Waals surface area contributed by atoms with Crippen LogP contribution in [-0.2, 0) is 11.3 Å². The van der Waals surface area contributed by atoms with Crippen molar-refractivity contribution in [2.24, 2.45) is 0 Å². The van der Waals surface area contributed by atoms with Gasteiger partial charge in [-0.3, -0.25) is 14.7 Å². The average Bonchev–Trinajstić information content (AvgIpc) is 2.97. The maximum atomic E-state index is 12.2. The SMILES string of the molecule is C=CCn1c(S[C@@H](C)C(=O)NC(=O)NC(C)C)nnc1-c1ccc(Cl)cc1. The van der Waals surface area contributed by atoms with E-state index in [2.05, 4.69) is 27.4 Å². The third kappa shape index (κ3) is 5.83. The zero-order valence-corrected chi connectivity index (χ0v) is 17.0. The Morgan fingerprint density at radius 1 is 1.26 bits per heavy atom. The van der Waals surface area contributed by atoms with E-state index >= 15 is 0 Å². The molecule has 0 fully saturated rings. The van der Waals surface area contributed by atoms with Crippen LogP contribution in [0.4, 0.5) is 4.79 Å². The normalized spacial score (nSPS) is 11.9. The van der Waals surface area contributed by atoms with Crippen molar-refractivity contribution < 1.29 is 9.59 Å². The number of halogens is 1. The molecule has 0 aliphatic heterocycles. The van der Waals surface area contributed by atoms with Gasteiger partial charge in [-0.2, -0.15) is 0 Å². The number of nitrogens with one attached hydrogen (secondary N) is 2. The number of hydrogen-bond acceptors (Lipinski definition) is 5. The first-order chi connectivity index (χ1) is 12.8. The summed E-state index contributed by atoms with van der Waals surface area (Å²) in [5.74, 6) is 0.249. The molecule has 0 aliphatic carbocycles. The minimum absolute atomic E-state index is 0.0571. The molecule has 3 amide bonds. The van der Waals surface area contributed by atoms with E-state index in [9.17, 15) is 9.59 Å². The minimum Gasteiger partial charge on any atom is -0.336 e. The van der Waals surface area contributed by atoms with Crippen LogP contribution in [0.15, 0.2) is 42.1 Å². The number of carbonyl (C=O) groups is 2. The highest BCUT2D eigenvalue weighted by atomic mass is 35.5. The largest absolute Gasteiger partial charge is 0.336 e. The first-order valence-corrected chi connectivity index (χ1v) is 9.65. The van der Waals surface area contributed by atoms with E-state index in [-0.39, 0.29) is 6.04 Å². The molecule has 0 saturated heterocycles. The van der Waals surface area contributed by atoms with Crippen LogP contribution >= 0.6 is 23.4 Å². The molecule has 1 atom stereocenters. The van der Waals surface area contributed by atoms with Gasteiger partial charge < -0.3 is 5.32 Å². The summed E-state index contributed by atoms with van der Waals surface area (Å²) in [7, 11) is 0. The molecule has 0 bridgehead atoms. The zero-order chi connectivity index (χ0) is 20.0. The second-order valence-corrected chi connectivity index (χ2v) is 7.83. The molecule has 1 aromatic heterocycles. The standard InChI is InChI=1S/C18H22ClN5O2S/c1-5-10-24-15(13-6-8-14(19)9-7-13)22-23-18(24)27-12(4)16(25)21-17(26)20-11(2)3/h5-9,11-12H,1,10H2,2-4H3,(H2,20,21,25,26)/t12-/m0/s1. The summed E-state index contributed by atoms with van der Waals surface area (Å²) in [6, 6.07) is 6.69. The van der Waals surface area contributed by atoms with Crippen LogP contribution in [-0.4, -0.2) is 38.0 Å². The molecule has 0 aliphatic rings. The van der Waals surface area contributed by atoms with Crippen molar-refractivity contribution in [2.45, 2.75) is 43.8 Å². The van der Waals surface area contributed by atoms with Crippen molar-refractivity contribution in [3.63, 3.8) is 0 Å². The van der Waals surface area contributed by atoms with Crippen LogP contribution < -0.4 is 10.6 Å². The molecule has 2 N–H and O–H groups in total. The quantitative estimate of drug-likeness (QED) is 0.541. The Labute approximate surface area is 167 Å². The van der Waals surface area contributed by atoms with Gasteiger partial charge in [0.1, 0.15) is 0 Å². The number of rotatable bonds is 7. The number of carbonyl (C=O) groups excluding carboxylic acids is 2. The maximum absolute atomic E-state index is 12.2. The Kier molecular flexibility index (Phi) is 7.44.